The quantitative estimate of drug-likeness (QED) is 0.436. The third-order valence-electron chi connectivity index (χ3n) is 6.61. The molecule has 7 heteroatoms. The summed E-state index contributed by atoms with van der Waals surface area (Å²) < 4.78 is 37.3. The average molecular weight is 479 g/mol. The van der Waals surface area contributed by atoms with Crippen molar-refractivity contribution >= 4 is 0 Å². The fourth-order valence-corrected chi connectivity index (χ4v) is 4.65. The first-order chi connectivity index (χ1) is 17.2. The van der Waals surface area contributed by atoms with Gasteiger partial charge in [0.15, 0.2) is 23.0 Å². The third kappa shape index (κ3) is 5.69. The maximum Gasteiger partial charge on any atom is 0.231 e. The summed E-state index contributed by atoms with van der Waals surface area (Å²) in [5.41, 5.74) is 1.80. The molecule has 0 aliphatic carbocycles. The second-order valence-electron chi connectivity index (χ2n) is 8.87. The molecule has 0 N–H and O–H groups in total. The molecule has 3 aromatic carbocycles. The van der Waals surface area contributed by atoms with Crippen LogP contribution in [0.1, 0.15) is 23.7 Å². The van der Waals surface area contributed by atoms with Crippen LogP contribution < -0.4 is 18.9 Å². The maximum absolute atomic E-state index is 14.7. The zero-order valence-corrected chi connectivity index (χ0v) is 20.0. The molecule has 6 nitrogen and oxygen atoms in total. The van der Waals surface area contributed by atoms with Gasteiger partial charge in [0.05, 0.1) is 7.11 Å². The minimum atomic E-state index is -0.404. The Bertz CT molecular complexity index is 1130. The highest BCUT2D eigenvalue weighted by molar-refractivity contribution is 5.44. The Hall–Kier alpha value is -3.29. The molecule has 0 bridgehead atoms. The number of halogens is 1. The molecule has 1 saturated heterocycles. The molecular weight excluding hydrogens is 447 g/mol. The first-order valence-electron chi connectivity index (χ1n) is 12.1. The molecule has 2 aliphatic heterocycles. The predicted octanol–water partition coefficient (Wildman–Crippen LogP) is 4.89. The normalized spacial score (nSPS) is 16.7. The van der Waals surface area contributed by atoms with E-state index in [1.54, 1.807) is 19.2 Å². The van der Waals surface area contributed by atoms with Crippen LogP contribution in [0.3, 0.4) is 0 Å². The molecule has 0 aromatic heterocycles. The number of hydrogen-bond acceptors (Lipinski definition) is 6. The number of para-hydroxylation sites is 2. The largest absolute Gasteiger partial charge is 0.493 e. The summed E-state index contributed by atoms with van der Waals surface area (Å²) in [5, 5.41) is 0. The summed E-state index contributed by atoms with van der Waals surface area (Å²) in [4.78, 5) is 4.88. The Balaban J connectivity index is 1.18. The SMILES string of the molecule is COc1ccccc1OC(CCN1CCN(Cc2ccc3c(c2)OCO3)CC1)c1ccccc1F. The van der Waals surface area contributed by atoms with Crippen LogP contribution in [0, 0.1) is 5.82 Å². The fourth-order valence-electron chi connectivity index (χ4n) is 4.65. The van der Waals surface area contributed by atoms with Gasteiger partial charge in [0.1, 0.15) is 11.9 Å². The van der Waals surface area contributed by atoms with Gasteiger partial charge in [-0.05, 0) is 35.9 Å². The van der Waals surface area contributed by atoms with E-state index in [1.165, 1.54) is 11.6 Å². The van der Waals surface area contributed by atoms with Crippen molar-refractivity contribution < 1.29 is 23.3 Å². The Morgan fingerprint density at radius 1 is 0.857 bits per heavy atom. The number of fused-ring (bicyclic) bond motifs is 1. The van der Waals surface area contributed by atoms with Gasteiger partial charge in [0.2, 0.25) is 6.79 Å². The molecule has 35 heavy (non-hydrogen) atoms. The number of nitrogens with zero attached hydrogens (tertiary/aromatic N) is 2. The van der Waals surface area contributed by atoms with Gasteiger partial charge in [0.25, 0.3) is 0 Å². The Labute approximate surface area is 205 Å². The van der Waals surface area contributed by atoms with Gasteiger partial charge in [-0.15, -0.1) is 0 Å². The molecule has 0 radical (unpaired) electrons. The van der Waals surface area contributed by atoms with Gasteiger partial charge >= 0.3 is 0 Å². The van der Waals surface area contributed by atoms with Crippen LogP contribution >= 0.6 is 0 Å². The molecule has 5 rings (SSSR count). The van der Waals surface area contributed by atoms with Crippen LogP contribution in [0.4, 0.5) is 4.39 Å². The Morgan fingerprint density at radius 3 is 2.37 bits per heavy atom. The molecule has 0 amide bonds. The minimum Gasteiger partial charge on any atom is -0.493 e. The van der Waals surface area contributed by atoms with E-state index in [4.69, 9.17) is 18.9 Å². The zero-order chi connectivity index (χ0) is 24.0. The highest BCUT2D eigenvalue weighted by atomic mass is 19.1. The molecule has 1 atom stereocenters. The van der Waals surface area contributed by atoms with Crippen LogP contribution in [-0.2, 0) is 6.54 Å². The van der Waals surface area contributed by atoms with Gasteiger partial charge in [-0.2, -0.15) is 0 Å². The smallest absolute Gasteiger partial charge is 0.231 e. The van der Waals surface area contributed by atoms with Gasteiger partial charge < -0.3 is 23.8 Å². The molecule has 1 unspecified atom stereocenters. The van der Waals surface area contributed by atoms with Crippen molar-refractivity contribution in [2.45, 2.75) is 19.1 Å². The summed E-state index contributed by atoms with van der Waals surface area (Å²) in [6.07, 6.45) is 0.278. The first kappa shape index (κ1) is 23.5. The van der Waals surface area contributed by atoms with E-state index in [-0.39, 0.29) is 5.82 Å². The minimum absolute atomic E-state index is 0.249. The third-order valence-corrected chi connectivity index (χ3v) is 6.61. The van der Waals surface area contributed by atoms with Gasteiger partial charge in [-0.3, -0.25) is 4.90 Å². The number of rotatable bonds is 9. The molecule has 0 saturated carbocycles. The number of piperazine rings is 1. The van der Waals surface area contributed by atoms with Crippen molar-refractivity contribution in [2.75, 3.05) is 46.6 Å². The molecule has 2 heterocycles. The molecule has 0 spiro atoms. The van der Waals surface area contributed by atoms with Gasteiger partial charge in [-0.25, -0.2) is 4.39 Å². The summed E-state index contributed by atoms with van der Waals surface area (Å²) >= 11 is 0. The van der Waals surface area contributed by atoms with E-state index in [0.29, 0.717) is 30.3 Å². The van der Waals surface area contributed by atoms with Crippen molar-refractivity contribution in [3.05, 3.63) is 83.7 Å². The lowest BCUT2D eigenvalue weighted by atomic mass is 10.0. The van der Waals surface area contributed by atoms with Crippen LogP contribution in [0.2, 0.25) is 0 Å². The molecule has 1 fully saturated rings. The highest BCUT2D eigenvalue weighted by Crippen LogP contribution is 2.34. The molecular formula is C28H31FN2O4. The van der Waals surface area contributed by atoms with E-state index in [2.05, 4.69) is 21.9 Å². The molecule has 184 valence electrons. The van der Waals surface area contributed by atoms with E-state index < -0.39 is 6.10 Å². The Kier molecular flexibility index (Phi) is 7.35. The van der Waals surface area contributed by atoms with Crippen LogP contribution in [0.5, 0.6) is 23.0 Å². The summed E-state index contributed by atoms with van der Waals surface area (Å²) in [7, 11) is 1.61. The van der Waals surface area contributed by atoms with Crippen LogP contribution in [0.25, 0.3) is 0 Å². The lowest BCUT2D eigenvalue weighted by Gasteiger charge is -2.35. The summed E-state index contributed by atoms with van der Waals surface area (Å²) in [5.74, 6) is 2.66. The van der Waals surface area contributed by atoms with Gasteiger partial charge in [0, 0.05) is 51.3 Å². The fraction of sp³-hybridized carbons (Fsp3) is 0.357. The summed E-state index contributed by atoms with van der Waals surface area (Å²) in [6.45, 7) is 5.89. The second-order valence-corrected chi connectivity index (χ2v) is 8.87. The highest BCUT2D eigenvalue weighted by Gasteiger charge is 2.23. The van der Waals surface area contributed by atoms with Crippen molar-refractivity contribution in [1.29, 1.82) is 0 Å². The number of methoxy groups -OCH3 is 1. The van der Waals surface area contributed by atoms with Crippen LogP contribution in [0.15, 0.2) is 66.7 Å². The van der Waals surface area contributed by atoms with Crippen molar-refractivity contribution in [2.24, 2.45) is 0 Å². The standard InChI is InChI=1S/C28H31FN2O4/c1-32-25-8-4-5-9-27(25)35-24(22-6-2-3-7-23(22)29)12-13-30-14-16-31(17-15-30)19-21-10-11-26-28(18-21)34-20-33-26/h2-11,18,24H,12-17,19-20H2,1H3. The van der Waals surface area contributed by atoms with E-state index >= 15 is 0 Å². The molecule has 2 aliphatic rings. The Morgan fingerprint density at radius 2 is 1.57 bits per heavy atom. The van der Waals surface area contributed by atoms with E-state index in [9.17, 15) is 4.39 Å². The van der Waals surface area contributed by atoms with E-state index in [0.717, 1.165) is 50.8 Å². The lowest BCUT2D eigenvalue weighted by Crippen LogP contribution is -2.46. The topological polar surface area (TPSA) is 43.4 Å². The number of hydrogen-bond donors (Lipinski definition) is 0. The molecule has 3 aromatic rings. The van der Waals surface area contributed by atoms with Crippen molar-refractivity contribution in [3.8, 4) is 23.0 Å². The van der Waals surface area contributed by atoms with Crippen molar-refractivity contribution in [3.63, 3.8) is 0 Å². The summed E-state index contributed by atoms with van der Waals surface area (Å²) in [6, 6.07) is 20.5. The maximum atomic E-state index is 14.7. The first-order valence-corrected chi connectivity index (χ1v) is 12.1. The van der Waals surface area contributed by atoms with Gasteiger partial charge in [-0.1, -0.05) is 36.4 Å². The van der Waals surface area contributed by atoms with E-state index in [1.807, 2.05) is 36.4 Å². The lowest BCUT2D eigenvalue weighted by molar-refractivity contribution is 0.105. The van der Waals surface area contributed by atoms with Crippen LogP contribution in [-0.4, -0.2) is 56.4 Å². The monoisotopic (exact) mass is 478 g/mol. The second kappa shape index (κ2) is 11.0. The number of ether oxygens (including phenoxy) is 4. The average Bonchev–Trinajstić information content (AvgIpc) is 3.36. The predicted molar refractivity (Wildman–Crippen MR) is 132 cm³/mol. The van der Waals surface area contributed by atoms with Crippen molar-refractivity contribution in [1.82, 2.24) is 9.80 Å². The number of benzene rings is 3. The zero-order valence-electron chi connectivity index (χ0n) is 20.0.